The zero-order valence-electron chi connectivity index (χ0n) is 6.97. The summed E-state index contributed by atoms with van der Waals surface area (Å²) in [6.45, 7) is 0.343. The standard InChI is InChI=1S/C7H11N3O3/c8-7(13)6-1-5(9-3-11)2-10(6)4-12/h3-6H,1-2H2,(H2,8,13)(H,9,11). The fraction of sp³-hybridized carbons (Fsp3) is 0.571. The van der Waals surface area contributed by atoms with E-state index in [1.807, 2.05) is 0 Å². The minimum absolute atomic E-state index is 0.166. The third-order valence-electron chi connectivity index (χ3n) is 2.11. The maximum atomic E-state index is 10.8. The number of carbonyl (C=O) groups excluding carboxylic acids is 3. The molecule has 0 bridgehead atoms. The maximum absolute atomic E-state index is 10.8. The number of nitrogens with one attached hydrogen (secondary N) is 1. The van der Waals surface area contributed by atoms with Gasteiger partial charge in [-0.2, -0.15) is 0 Å². The van der Waals surface area contributed by atoms with Crippen LogP contribution in [0.5, 0.6) is 0 Å². The zero-order valence-corrected chi connectivity index (χ0v) is 6.97. The molecule has 3 N–H and O–H groups in total. The lowest BCUT2D eigenvalue weighted by molar-refractivity contribution is -0.128. The van der Waals surface area contributed by atoms with E-state index in [1.54, 1.807) is 0 Å². The molecule has 0 aliphatic carbocycles. The molecule has 1 aliphatic rings. The minimum Gasteiger partial charge on any atom is -0.368 e. The molecule has 13 heavy (non-hydrogen) atoms. The van der Waals surface area contributed by atoms with Gasteiger partial charge in [-0.15, -0.1) is 0 Å². The van der Waals surface area contributed by atoms with Gasteiger partial charge in [0.05, 0.1) is 0 Å². The number of carbonyl (C=O) groups is 3. The third-order valence-corrected chi connectivity index (χ3v) is 2.11. The first kappa shape index (κ1) is 9.50. The highest BCUT2D eigenvalue weighted by molar-refractivity contribution is 5.82. The highest BCUT2D eigenvalue weighted by atomic mass is 16.2. The van der Waals surface area contributed by atoms with Gasteiger partial charge >= 0.3 is 0 Å². The first-order valence-electron chi connectivity index (χ1n) is 3.89. The van der Waals surface area contributed by atoms with E-state index >= 15 is 0 Å². The van der Waals surface area contributed by atoms with Gasteiger partial charge in [0.15, 0.2) is 0 Å². The molecular weight excluding hydrogens is 174 g/mol. The second-order valence-electron chi connectivity index (χ2n) is 2.94. The van der Waals surface area contributed by atoms with Crippen molar-refractivity contribution in [1.29, 1.82) is 0 Å². The highest BCUT2D eigenvalue weighted by Gasteiger charge is 2.34. The first-order valence-corrected chi connectivity index (χ1v) is 3.89. The lowest BCUT2D eigenvalue weighted by atomic mass is 10.1. The molecule has 0 aromatic rings. The van der Waals surface area contributed by atoms with E-state index in [1.165, 1.54) is 4.90 Å². The summed E-state index contributed by atoms with van der Waals surface area (Å²) in [4.78, 5) is 32.7. The number of amides is 3. The Morgan fingerprint density at radius 3 is 2.62 bits per heavy atom. The van der Waals surface area contributed by atoms with Crippen molar-refractivity contribution in [2.75, 3.05) is 6.54 Å². The summed E-state index contributed by atoms with van der Waals surface area (Å²) < 4.78 is 0. The average Bonchev–Trinajstić information content (AvgIpc) is 2.48. The molecule has 0 aromatic carbocycles. The van der Waals surface area contributed by atoms with Gasteiger partial charge in [-0.3, -0.25) is 14.4 Å². The highest BCUT2D eigenvalue weighted by Crippen LogP contribution is 2.14. The Bertz CT molecular complexity index is 231. The van der Waals surface area contributed by atoms with Crippen LogP contribution in [0.2, 0.25) is 0 Å². The molecule has 0 aromatic heterocycles. The van der Waals surface area contributed by atoms with E-state index in [0.29, 0.717) is 25.8 Å². The molecule has 1 rings (SSSR count). The van der Waals surface area contributed by atoms with Gasteiger partial charge in [0.2, 0.25) is 18.7 Å². The Hall–Kier alpha value is -1.59. The van der Waals surface area contributed by atoms with Crippen LogP contribution in [-0.2, 0) is 14.4 Å². The van der Waals surface area contributed by atoms with Crippen LogP contribution in [0.3, 0.4) is 0 Å². The zero-order chi connectivity index (χ0) is 9.84. The lowest BCUT2D eigenvalue weighted by Crippen LogP contribution is -2.39. The second-order valence-corrected chi connectivity index (χ2v) is 2.94. The van der Waals surface area contributed by atoms with Crippen molar-refractivity contribution < 1.29 is 14.4 Å². The van der Waals surface area contributed by atoms with E-state index in [-0.39, 0.29) is 6.04 Å². The topological polar surface area (TPSA) is 92.5 Å². The van der Waals surface area contributed by atoms with Crippen molar-refractivity contribution in [1.82, 2.24) is 10.2 Å². The Morgan fingerprint density at radius 2 is 2.23 bits per heavy atom. The predicted octanol–water partition coefficient (Wildman–Crippen LogP) is -2.18. The summed E-state index contributed by atoms with van der Waals surface area (Å²) in [5.74, 6) is -0.540. The summed E-state index contributed by atoms with van der Waals surface area (Å²) in [7, 11) is 0. The molecular formula is C7H11N3O3. The second kappa shape index (κ2) is 3.88. The van der Waals surface area contributed by atoms with Gasteiger partial charge in [-0.1, -0.05) is 0 Å². The molecule has 1 heterocycles. The Morgan fingerprint density at radius 1 is 1.54 bits per heavy atom. The number of rotatable bonds is 4. The first-order chi connectivity index (χ1) is 6.19. The van der Waals surface area contributed by atoms with Crippen LogP contribution in [0.15, 0.2) is 0 Å². The molecule has 72 valence electrons. The molecule has 1 aliphatic heterocycles. The van der Waals surface area contributed by atoms with Crippen molar-refractivity contribution in [2.45, 2.75) is 18.5 Å². The van der Waals surface area contributed by atoms with Crippen LogP contribution in [0, 0.1) is 0 Å². The van der Waals surface area contributed by atoms with Gasteiger partial charge in [0.25, 0.3) is 0 Å². The Balaban J connectivity index is 2.60. The van der Waals surface area contributed by atoms with Gasteiger partial charge in [-0.05, 0) is 6.42 Å². The third kappa shape index (κ3) is 1.95. The van der Waals surface area contributed by atoms with Crippen molar-refractivity contribution >= 4 is 18.7 Å². The number of hydrogen-bond donors (Lipinski definition) is 2. The quantitative estimate of drug-likeness (QED) is 0.487. The smallest absolute Gasteiger partial charge is 0.240 e. The van der Waals surface area contributed by atoms with E-state index in [4.69, 9.17) is 5.73 Å². The molecule has 2 unspecified atom stereocenters. The van der Waals surface area contributed by atoms with Crippen LogP contribution >= 0.6 is 0 Å². The van der Waals surface area contributed by atoms with Crippen LogP contribution in [0.1, 0.15) is 6.42 Å². The fourth-order valence-electron chi connectivity index (χ4n) is 1.47. The summed E-state index contributed by atoms with van der Waals surface area (Å²) in [5, 5.41) is 2.50. The Labute approximate surface area is 75.1 Å². The molecule has 6 nitrogen and oxygen atoms in total. The van der Waals surface area contributed by atoms with Crippen molar-refractivity contribution in [2.24, 2.45) is 5.73 Å². The van der Waals surface area contributed by atoms with Gasteiger partial charge in [0, 0.05) is 12.6 Å². The number of nitrogens with zero attached hydrogens (tertiary/aromatic N) is 1. The summed E-state index contributed by atoms with van der Waals surface area (Å²) in [6, 6.07) is -0.754. The molecule has 3 amide bonds. The minimum atomic E-state index is -0.588. The summed E-state index contributed by atoms with van der Waals surface area (Å²) in [5.41, 5.74) is 5.07. The molecule has 2 atom stereocenters. The van der Waals surface area contributed by atoms with E-state index in [2.05, 4.69) is 5.32 Å². The van der Waals surface area contributed by atoms with Crippen molar-refractivity contribution in [3.63, 3.8) is 0 Å². The largest absolute Gasteiger partial charge is 0.368 e. The molecule has 0 saturated carbocycles. The maximum Gasteiger partial charge on any atom is 0.240 e. The van der Waals surface area contributed by atoms with Gasteiger partial charge in [-0.25, -0.2) is 0 Å². The molecule has 0 spiro atoms. The predicted molar refractivity (Wildman–Crippen MR) is 43.4 cm³/mol. The van der Waals surface area contributed by atoms with E-state index < -0.39 is 11.9 Å². The van der Waals surface area contributed by atoms with Crippen LogP contribution in [-0.4, -0.2) is 42.3 Å². The number of hydrogen-bond acceptors (Lipinski definition) is 3. The summed E-state index contributed by atoms with van der Waals surface area (Å²) >= 11 is 0. The van der Waals surface area contributed by atoms with Crippen molar-refractivity contribution in [3.05, 3.63) is 0 Å². The van der Waals surface area contributed by atoms with E-state index in [9.17, 15) is 14.4 Å². The van der Waals surface area contributed by atoms with Gasteiger partial charge in [0.1, 0.15) is 6.04 Å². The van der Waals surface area contributed by atoms with E-state index in [0.717, 1.165) is 0 Å². The normalized spacial score (nSPS) is 26.9. The molecule has 1 saturated heterocycles. The SMILES string of the molecule is NC(=O)C1CC(NC=O)CN1C=O. The summed E-state index contributed by atoms with van der Waals surface area (Å²) in [6.07, 6.45) is 1.52. The fourth-order valence-corrected chi connectivity index (χ4v) is 1.47. The van der Waals surface area contributed by atoms with Crippen LogP contribution < -0.4 is 11.1 Å². The van der Waals surface area contributed by atoms with Crippen LogP contribution in [0.25, 0.3) is 0 Å². The monoisotopic (exact) mass is 185 g/mol. The molecule has 6 heteroatoms. The van der Waals surface area contributed by atoms with Crippen LogP contribution in [0.4, 0.5) is 0 Å². The number of likely N-dealkylation sites (tertiary alicyclic amines) is 1. The lowest BCUT2D eigenvalue weighted by Gasteiger charge is -2.14. The number of primary amides is 1. The van der Waals surface area contributed by atoms with Gasteiger partial charge < -0.3 is 16.0 Å². The molecule has 1 fully saturated rings. The average molecular weight is 185 g/mol. The molecule has 0 radical (unpaired) electrons. The number of nitrogens with two attached hydrogens (primary N) is 1. The van der Waals surface area contributed by atoms with Crippen molar-refractivity contribution in [3.8, 4) is 0 Å². The Kier molecular flexibility index (Phi) is 2.84.